The summed E-state index contributed by atoms with van der Waals surface area (Å²) in [6, 6.07) is 0. The van der Waals surface area contributed by atoms with Crippen LogP contribution in [0.3, 0.4) is 0 Å². The van der Waals surface area contributed by atoms with Crippen LogP contribution in [-0.4, -0.2) is 44.1 Å². The Balaban J connectivity index is 4.64. The van der Waals surface area contributed by atoms with Crippen molar-refractivity contribution in [2.45, 2.75) is 13.8 Å². The molecule has 2 atom stereocenters. The maximum atomic E-state index is 11.3. The van der Waals surface area contributed by atoms with Crippen LogP contribution >= 0.6 is 17.4 Å². The first-order valence-corrected chi connectivity index (χ1v) is 11.1. The molecule has 15 heavy (non-hydrogen) atoms. The van der Waals surface area contributed by atoms with Crippen molar-refractivity contribution in [1.82, 2.24) is 0 Å². The molecule has 0 aromatic rings. The molecular formula is C7H19O4PS3. The van der Waals surface area contributed by atoms with Crippen LogP contribution < -0.4 is 0 Å². The van der Waals surface area contributed by atoms with Crippen LogP contribution in [0.1, 0.15) is 15.2 Å². The van der Waals surface area contributed by atoms with Gasteiger partial charge in [-0.05, 0) is 5.75 Å². The Morgan fingerprint density at radius 3 is 2.60 bits per heavy atom. The van der Waals surface area contributed by atoms with Crippen LogP contribution in [0.2, 0.25) is 0 Å². The zero-order chi connectivity index (χ0) is 12.6. The van der Waals surface area contributed by atoms with E-state index in [0.29, 0.717) is 34.7 Å². The fourth-order valence-corrected chi connectivity index (χ4v) is 9.18. The molecule has 0 spiro atoms. The van der Waals surface area contributed by atoms with Gasteiger partial charge in [0.25, 0.3) is 0 Å². The van der Waals surface area contributed by atoms with Crippen molar-refractivity contribution in [3.8, 4) is 0 Å². The summed E-state index contributed by atoms with van der Waals surface area (Å²) in [5, 5.41) is 0. The molecule has 94 valence electrons. The molecule has 0 saturated heterocycles. The molecule has 0 aliphatic rings. The fraction of sp³-hybridized carbons (Fsp3) is 1.00. The van der Waals surface area contributed by atoms with E-state index in [9.17, 15) is 14.0 Å². The van der Waals surface area contributed by atoms with Gasteiger partial charge in [0.05, 0.1) is 18.8 Å². The Labute approximate surface area is 102 Å². The predicted molar refractivity (Wildman–Crippen MR) is 72.3 cm³/mol. The zero-order valence-electron chi connectivity index (χ0n) is 9.92. The van der Waals surface area contributed by atoms with E-state index >= 15 is 0 Å². The van der Waals surface area contributed by atoms with Crippen molar-refractivity contribution in [2.75, 3.05) is 30.1 Å². The van der Waals surface area contributed by atoms with Gasteiger partial charge in [-0.2, -0.15) is 0 Å². The predicted octanol–water partition coefficient (Wildman–Crippen LogP) is 1.35. The van der Waals surface area contributed by atoms with Crippen LogP contribution in [0.15, 0.2) is 0 Å². The SMILES string of the molecule is [2H]CCS(CCS(=O)CC)=P(O)(O)SOC. The lowest BCUT2D eigenvalue weighted by atomic mass is 10.9. The molecule has 0 bridgehead atoms. The van der Waals surface area contributed by atoms with Crippen molar-refractivity contribution in [2.24, 2.45) is 0 Å². The number of rotatable bonds is 7. The Bertz CT molecular complexity index is 281. The summed E-state index contributed by atoms with van der Waals surface area (Å²) in [4.78, 5) is 19.7. The van der Waals surface area contributed by atoms with Gasteiger partial charge >= 0.3 is 0 Å². The Morgan fingerprint density at radius 2 is 2.13 bits per heavy atom. The van der Waals surface area contributed by atoms with E-state index in [0.717, 1.165) is 0 Å². The van der Waals surface area contributed by atoms with Gasteiger partial charge in [-0.25, -0.2) is 0 Å². The molecule has 2 unspecified atom stereocenters. The van der Waals surface area contributed by atoms with E-state index in [1.54, 1.807) is 0 Å². The second-order valence-electron chi connectivity index (χ2n) is 2.53. The second kappa shape index (κ2) is 8.28. The molecule has 0 aliphatic carbocycles. The third-order valence-corrected chi connectivity index (χ3v) is 11.9. The van der Waals surface area contributed by atoms with Gasteiger partial charge in [0.1, 0.15) is 0 Å². The lowest BCUT2D eigenvalue weighted by Gasteiger charge is -2.17. The van der Waals surface area contributed by atoms with Crippen LogP contribution in [-0.2, 0) is 25.1 Å². The summed E-state index contributed by atoms with van der Waals surface area (Å²) in [5.41, 5.74) is -3.17. The highest BCUT2D eigenvalue weighted by molar-refractivity contribution is 8.70. The summed E-state index contributed by atoms with van der Waals surface area (Å²) in [5.74, 6) is 1.97. The standard InChI is InChI=1S/C7H19O4PS3/c1-4-14(10)6-7-15(5-2)12(8,9)13-11-3/h8-9H,4-7H2,1-3H3/i2D. The minimum atomic E-state index is -3.17. The first-order chi connectivity index (χ1) is 7.47. The minimum Gasteiger partial charge on any atom is -0.340 e. The van der Waals surface area contributed by atoms with Crippen LogP contribution in [0.5, 0.6) is 0 Å². The quantitative estimate of drug-likeness (QED) is 0.548. The van der Waals surface area contributed by atoms with Gasteiger partial charge in [0.2, 0.25) is 5.69 Å². The van der Waals surface area contributed by atoms with Gasteiger partial charge in [-0.15, -0.1) is 10.1 Å². The molecule has 0 aromatic heterocycles. The third-order valence-electron chi connectivity index (χ3n) is 1.61. The molecule has 0 aliphatic heterocycles. The second-order valence-corrected chi connectivity index (χ2v) is 13.3. The Kier molecular flexibility index (Phi) is 7.85. The minimum absolute atomic E-state index is 0.148. The Morgan fingerprint density at radius 1 is 1.47 bits per heavy atom. The summed E-state index contributed by atoms with van der Waals surface area (Å²) in [6.45, 7) is 1.98. The molecular weight excluding hydrogens is 275 g/mol. The molecule has 0 heterocycles. The fourth-order valence-electron chi connectivity index (χ4n) is 0.814. The molecule has 0 rings (SSSR count). The number of hydrogen-bond donors (Lipinski definition) is 2. The topological polar surface area (TPSA) is 66.8 Å². The van der Waals surface area contributed by atoms with Gasteiger partial charge in [0.15, 0.2) is 0 Å². The molecule has 4 nitrogen and oxygen atoms in total. The third kappa shape index (κ3) is 6.46. The summed E-state index contributed by atoms with van der Waals surface area (Å²) in [6.07, 6.45) is 0. The highest BCUT2D eigenvalue weighted by Gasteiger charge is 2.17. The maximum Gasteiger partial charge on any atom is 0.228 e. The number of hydrogen-bond acceptors (Lipinski definition) is 3. The van der Waals surface area contributed by atoms with Crippen LogP contribution in [0.25, 0.3) is 0 Å². The van der Waals surface area contributed by atoms with Crippen molar-refractivity contribution in [1.29, 1.82) is 0 Å². The van der Waals surface area contributed by atoms with E-state index in [1.807, 2.05) is 6.92 Å². The summed E-state index contributed by atoms with van der Waals surface area (Å²) in [7, 11) is -0.189. The first-order valence-electron chi connectivity index (χ1n) is 5.08. The highest BCUT2D eigenvalue weighted by atomic mass is 32.9. The van der Waals surface area contributed by atoms with Crippen molar-refractivity contribution >= 4 is 38.2 Å². The normalized spacial score (nSPS) is 17.2. The average molecular weight is 295 g/mol. The lowest BCUT2D eigenvalue weighted by molar-refractivity contribution is 0.471. The van der Waals surface area contributed by atoms with Crippen molar-refractivity contribution in [3.63, 3.8) is 0 Å². The van der Waals surface area contributed by atoms with Gasteiger partial charge in [0, 0.05) is 29.4 Å². The first kappa shape index (κ1) is 14.2. The molecule has 0 radical (unpaired) electrons. The smallest absolute Gasteiger partial charge is 0.228 e. The highest BCUT2D eigenvalue weighted by Crippen LogP contribution is 2.55. The van der Waals surface area contributed by atoms with E-state index in [4.69, 9.17) is 5.55 Å². The molecule has 0 aromatic carbocycles. The zero-order valence-corrected chi connectivity index (χ0v) is 12.3. The molecule has 8 heteroatoms. The van der Waals surface area contributed by atoms with Crippen LogP contribution in [0.4, 0.5) is 0 Å². The average Bonchev–Trinajstić information content (AvgIpc) is 2.23. The van der Waals surface area contributed by atoms with E-state index in [2.05, 4.69) is 0 Å². The molecule has 0 fully saturated rings. The maximum absolute atomic E-state index is 11.3. The summed E-state index contributed by atoms with van der Waals surface area (Å²) >= 11 is 0.693. The van der Waals surface area contributed by atoms with E-state index in [-0.39, 0.29) is 6.90 Å². The molecule has 0 amide bonds. The molecule has 2 N–H and O–H groups in total. The van der Waals surface area contributed by atoms with Gasteiger partial charge in [-0.3, -0.25) is 4.21 Å². The summed E-state index contributed by atoms with van der Waals surface area (Å²) < 4.78 is 23.1. The molecule has 0 saturated carbocycles. The van der Waals surface area contributed by atoms with Crippen LogP contribution in [0, 0.1) is 0 Å². The van der Waals surface area contributed by atoms with Gasteiger partial charge in [-0.1, -0.05) is 13.8 Å². The lowest BCUT2D eigenvalue weighted by Crippen LogP contribution is -2.11. The van der Waals surface area contributed by atoms with E-state index in [1.165, 1.54) is 7.11 Å². The Hall–Kier alpha value is 1.16. The van der Waals surface area contributed by atoms with Gasteiger partial charge < -0.3 is 14.0 Å². The van der Waals surface area contributed by atoms with E-state index < -0.39 is 26.6 Å². The van der Waals surface area contributed by atoms with Crippen molar-refractivity contribution in [3.05, 3.63) is 0 Å². The largest absolute Gasteiger partial charge is 0.340 e. The van der Waals surface area contributed by atoms with Crippen molar-refractivity contribution < 1.29 is 19.5 Å². The monoisotopic (exact) mass is 295 g/mol.